The molecule has 2 aromatic heterocycles. The molecular formula is C19H19N6O2S+. The van der Waals surface area contributed by atoms with Crippen LogP contribution in [0.1, 0.15) is 11.1 Å². The third-order valence-corrected chi connectivity index (χ3v) is 4.79. The van der Waals surface area contributed by atoms with Crippen molar-refractivity contribution in [3.05, 3.63) is 53.7 Å². The van der Waals surface area contributed by atoms with E-state index in [0.29, 0.717) is 10.6 Å². The number of aryl methyl sites for hydroxylation is 1. The van der Waals surface area contributed by atoms with Crippen LogP contribution in [0.3, 0.4) is 0 Å². The predicted octanol–water partition coefficient (Wildman–Crippen LogP) is 2.13. The lowest BCUT2D eigenvalue weighted by Crippen LogP contribution is -2.53. The smallest absolute Gasteiger partial charge is 0.288 e. The number of aromatic nitrogens is 3. The SMILES string of the molecule is Cc1ccc(-c2ccc(C#N)c(SCC(=O)Nc3c[n+](N(C)C)no3)n2)cc1. The minimum atomic E-state index is -0.279. The normalized spacial score (nSPS) is 10.4. The second kappa shape index (κ2) is 8.54. The molecule has 3 rings (SSSR count). The first kappa shape index (κ1) is 19.4. The average molecular weight is 395 g/mol. The van der Waals surface area contributed by atoms with Crippen LogP contribution < -0.4 is 15.1 Å². The third-order valence-electron chi connectivity index (χ3n) is 3.80. The summed E-state index contributed by atoms with van der Waals surface area (Å²) in [6, 6.07) is 13.6. The molecule has 9 heteroatoms. The number of nitrogens with one attached hydrogen (secondary N) is 1. The summed E-state index contributed by atoms with van der Waals surface area (Å²) in [6.45, 7) is 2.02. The molecule has 0 spiro atoms. The second-order valence-corrected chi connectivity index (χ2v) is 7.16. The van der Waals surface area contributed by atoms with Crippen molar-refractivity contribution in [1.29, 1.82) is 5.26 Å². The monoisotopic (exact) mass is 395 g/mol. The molecule has 0 saturated carbocycles. The number of nitrogens with zero attached hydrogens (tertiary/aromatic N) is 5. The molecule has 0 fully saturated rings. The molecule has 1 N–H and O–H groups in total. The molecule has 1 amide bonds. The summed E-state index contributed by atoms with van der Waals surface area (Å²) in [6.07, 6.45) is 1.56. The Kier molecular flexibility index (Phi) is 5.91. The fourth-order valence-corrected chi connectivity index (χ4v) is 3.08. The van der Waals surface area contributed by atoms with E-state index in [2.05, 4.69) is 21.6 Å². The fraction of sp³-hybridized carbons (Fsp3) is 0.211. The minimum Gasteiger partial charge on any atom is -0.288 e. The first-order chi connectivity index (χ1) is 13.5. The van der Waals surface area contributed by atoms with Crippen LogP contribution in [-0.2, 0) is 4.79 Å². The summed E-state index contributed by atoms with van der Waals surface area (Å²) >= 11 is 1.20. The van der Waals surface area contributed by atoms with Gasteiger partial charge in [0, 0.05) is 5.56 Å². The van der Waals surface area contributed by atoms with Crippen molar-refractivity contribution in [3.8, 4) is 17.3 Å². The van der Waals surface area contributed by atoms with Gasteiger partial charge in [-0.2, -0.15) is 10.3 Å². The van der Waals surface area contributed by atoms with E-state index in [1.807, 2.05) is 37.3 Å². The van der Waals surface area contributed by atoms with Crippen LogP contribution in [0.25, 0.3) is 11.3 Å². The summed E-state index contributed by atoms with van der Waals surface area (Å²) < 4.78 is 5.04. The molecule has 0 aliphatic heterocycles. The highest BCUT2D eigenvalue weighted by atomic mass is 32.2. The number of hydrogen-bond acceptors (Lipinski definition) is 7. The molecule has 2 heterocycles. The van der Waals surface area contributed by atoms with Gasteiger partial charge in [-0.05, 0) is 19.1 Å². The van der Waals surface area contributed by atoms with Crippen LogP contribution in [0.4, 0.5) is 5.88 Å². The largest absolute Gasteiger partial charge is 0.305 e. The quantitative estimate of drug-likeness (QED) is 0.504. The lowest BCUT2D eigenvalue weighted by molar-refractivity contribution is -0.753. The number of benzene rings is 1. The topological polar surface area (TPSA) is 98.9 Å². The van der Waals surface area contributed by atoms with Crippen molar-refractivity contribution >= 4 is 23.6 Å². The van der Waals surface area contributed by atoms with E-state index < -0.39 is 0 Å². The number of nitriles is 1. The lowest BCUT2D eigenvalue weighted by atomic mass is 10.1. The summed E-state index contributed by atoms with van der Waals surface area (Å²) in [5.74, 6) is 0.0430. The maximum absolute atomic E-state index is 12.2. The Morgan fingerprint density at radius 2 is 2.04 bits per heavy atom. The molecule has 0 bridgehead atoms. The van der Waals surface area contributed by atoms with Crippen molar-refractivity contribution in [2.75, 3.05) is 30.2 Å². The number of carbonyl (C=O) groups excluding carboxylic acids is 1. The number of amides is 1. The molecule has 0 saturated heterocycles. The molecule has 1 aromatic carbocycles. The zero-order chi connectivity index (χ0) is 20.1. The molecule has 0 atom stereocenters. The fourth-order valence-electron chi connectivity index (χ4n) is 2.31. The van der Waals surface area contributed by atoms with Gasteiger partial charge in [0.2, 0.25) is 11.2 Å². The predicted molar refractivity (Wildman–Crippen MR) is 105 cm³/mol. The van der Waals surface area contributed by atoms with Gasteiger partial charge in [0.15, 0.2) is 0 Å². The first-order valence-corrected chi connectivity index (χ1v) is 9.42. The van der Waals surface area contributed by atoms with E-state index in [-0.39, 0.29) is 17.5 Å². The van der Waals surface area contributed by atoms with E-state index in [0.717, 1.165) is 16.8 Å². The molecule has 0 aliphatic rings. The Balaban J connectivity index is 1.70. The molecule has 0 aliphatic carbocycles. The highest BCUT2D eigenvalue weighted by Crippen LogP contribution is 2.25. The van der Waals surface area contributed by atoms with E-state index in [1.54, 1.807) is 31.4 Å². The Bertz CT molecular complexity index is 1020. The van der Waals surface area contributed by atoms with Crippen LogP contribution in [0.15, 0.2) is 52.1 Å². The summed E-state index contributed by atoms with van der Waals surface area (Å²) in [5, 5.41) is 17.9. The molecule has 0 radical (unpaired) electrons. The number of pyridine rings is 1. The molecule has 3 aromatic rings. The summed E-state index contributed by atoms with van der Waals surface area (Å²) in [7, 11) is 3.58. The number of anilines is 1. The summed E-state index contributed by atoms with van der Waals surface area (Å²) in [4.78, 5) is 18.2. The van der Waals surface area contributed by atoms with Crippen LogP contribution in [0.5, 0.6) is 0 Å². The average Bonchev–Trinajstić information content (AvgIpc) is 3.15. The molecule has 142 valence electrons. The Labute approximate surface area is 166 Å². The molecule has 0 unspecified atom stereocenters. The molecule has 8 nitrogen and oxygen atoms in total. The van der Waals surface area contributed by atoms with Gasteiger partial charge in [-0.25, -0.2) is 4.98 Å². The van der Waals surface area contributed by atoms with Gasteiger partial charge in [0.05, 0.1) is 35.9 Å². The van der Waals surface area contributed by atoms with Crippen molar-refractivity contribution in [1.82, 2.24) is 10.3 Å². The van der Waals surface area contributed by atoms with Gasteiger partial charge in [0.1, 0.15) is 11.1 Å². The van der Waals surface area contributed by atoms with E-state index in [9.17, 15) is 10.1 Å². The van der Waals surface area contributed by atoms with Gasteiger partial charge < -0.3 is 0 Å². The van der Waals surface area contributed by atoms with Gasteiger partial charge in [-0.1, -0.05) is 41.6 Å². The highest BCUT2D eigenvalue weighted by molar-refractivity contribution is 8.00. The zero-order valence-electron chi connectivity index (χ0n) is 15.7. The number of rotatable bonds is 6. The Morgan fingerprint density at radius 3 is 2.68 bits per heavy atom. The van der Waals surface area contributed by atoms with E-state index in [4.69, 9.17) is 4.52 Å². The van der Waals surface area contributed by atoms with Crippen molar-refractivity contribution in [2.45, 2.75) is 11.9 Å². The van der Waals surface area contributed by atoms with Crippen molar-refractivity contribution < 1.29 is 14.1 Å². The zero-order valence-corrected chi connectivity index (χ0v) is 16.5. The number of hydrogen-bond donors (Lipinski definition) is 1. The van der Waals surface area contributed by atoms with E-state index >= 15 is 0 Å². The van der Waals surface area contributed by atoms with Crippen LogP contribution >= 0.6 is 11.8 Å². The third kappa shape index (κ3) is 4.66. The molecule has 28 heavy (non-hydrogen) atoms. The van der Waals surface area contributed by atoms with Crippen LogP contribution in [0, 0.1) is 18.3 Å². The Morgan fingerprint density at radius 1 is 1.29 bits per heavy atom. The van der Waals surface area contributed by atoms with Gasteiger partial charge in [-0.3, -0.25) is 14.6 Å². The van der Waals surface area contributed by atoms with Crippen molar-refractivity contribution in [3.63, 3.8) is 0 Å². The molecular weight excluding hydrogens is 376 g/mol. The first-order valence-electron chi connectivity index (χ1n) is 8.43. The van der Waals surface area contributed by atoms with E-state index in [1.165, 1.54) is 16.6 Å². The van der Waals surface area contributed by atoms with Gasteiger partial charge in [0.25, 0.3) is 6.20 Å². The standard InChI is InChI=1S/C19H18N6O2S/c1-13-4-6-14(7-5-13)16-9-8-15(10-20)19(21-16)28-12-17(26)22-18-11-25(23-27-18)24(2)3/h4-9,11H,12H2,1-3H3/p+1. The maximum Gasteiger partial charge on any atom is 0.305 e. The number of thioether (sulfide) groups is 1. The minimum absolute atomic E-state index is 0.0850. The number of carbonyl (C=O) groups is 1. The second-order valence-electron chi connectivity index (χ2n) is 6.20. The lowest BCUT2D eigenvalue weighted by Gasteiger charge is -2.07. The maximum atomic E-state index is 12.2. The van der Waals surface area contributed by atoms with Crippen LogP contribution in [0.2, 0.25) is 0 Å². The Hall–Kier alpha value is -3.38. The van der Waals surface area contributed by atoms with Gasteiger partial charge >= 0.3 is 5.88 Å². The van der Waals surface area contributed by atoms with Crippen LogP contribution in [-0.4, -0.2) is 36.0 Å². The van der Waals surface area contributed by atoms with Crippen molar-refractivity contribution in [2.24, 2.45) is 0 Å². The highest BCUT2D eigenvalue weighted by Gasteiger charge is 2.17. The summed E-state index contributed by atoms with van der Waals surface area (Å²) in [5.41, 5.74) is 3.30. The van der Waals surface area contributed by atoms with Gasteiger partial charge in [-0.15, -0.1) is 0 Å².